The summed E-state index contributed by atoms with van der Waals surface area (Å²) in [5, 5.41) is 11.6. The first-order chi connectivity index (χ1) is 12.6. The summed E-state index contributed by atoms with van der Waals surface area (Å²) in [5.41, 5.74) is 3.09. The maximum absolute atomic E-state index is 13.0. The van der Waals surface area contributed by atoms with Gasteiger partial charge in [0.15, 0.2) is 0 Å². The Kier molecular flexibility index (Phi) is 5.45. The van der Waals surface area contributed by atoms with Gasteiger partial charge in [-0.1, -0.05) is 42.5 Å². The van der Waals surface area contributed by atoms with E-state index in [1.54, 1.807) is 17.0 Å². The van der Waals surface area contributed by atoms with Gasteiger partial charge in [-0.3, -0.25) is 4.79 Å². The van der Waals surface area contributed by atoms with E-state index in [0.717, 1.165) is 16.1 Å². The SMILES string of the molecule is CC(C)N(Cc1ccc(C#N)cc1)C(=O)c1csc(-c2ccccc2)n1. The first kappa shape index (κ1) is 17.8. The van der Waals surface area contributed by atoms with Crippen molar-refractivity contribution in [2.45, 2.75) is 26.4 Å². The highest BCUT2D eigenvalue weighted by Crippen LogP contribution is 2.24. The van der Waals surface area contributed by atoms with Crippen LogP contribution in [0.5, 0.6) is 0 Å². The molecule has 3 rings (SSSR count). The van der Waals surface area contributed by atoms with Gasteiger partial charge in [-0.05, 0) is 31.5 Å². The molecule has 0 saturated heterocycles. The maximum atomic E-state index is 13.0. The number of nitriles is 1. The summed E-state index contributed by atoms with van der Waals surface area (Å²) in [4.78, 5) is 19.3. The minimum Gasteiger partial charge on any atom is -0.331 e. The standard InChI is InChI=1S/C21H19N3OS/c1-15(2)24(13-17-10-8-16(12-22)9-11-17)21(25)19-14-26-20(23-19)18-6-4-3-5-7-18/h3-11,14-15H,13H2,1-2H3. The molecule has 0 N–H and O–H groups in total. The second kappa shape index (κ2) is 7.94. The average molecular weight is 361 g/mol. The lowest BCUT2D eigenvalue weighted by molar-refractivity contribution is 0.0685. The summed E-state index contributed by atoms with van der Waals surface area (Å²) in [7, 11) is 0. The van der Waals surface area contributed by atoms with Crippen LogP contribution in [0.1, 0.15) is 35.5 Å². The van der Waals surface area contributed by atoms with Gasteiger partial charge in [-0.25, -0.2) is 4.98 Å². The quantitative estimate of drug-likeness (QED) is 0.660. The summed E-state index contributed by atoms with van der Waals surface area (Å²) >= 11 is 1.48. The Labute approximate surface area is 157 Å². The van der Waals surface area contributed by atoms with E-state index in [9.17, 15) is 4.79 Å². The zero-order valence-electron chi connectivity index (χ0n) is 14.7. The first-order valence-electron chi connectivity index (χ1n) is 8.39. The summed E-state index contributed by atoms with van der Waals surface area (Å²) < 4.78 is 0. The van der Waals surface area contributed by atoms with Gasteiger partial charge in [-0.15, -0.1) is 11.3 Å². The van der Waals surface area contributed by atoms with Crippen molar-refractivity contribution in [3.63, 3.8) is 0 Å². The van der Waals surface area contributed by atoms with Gasteiger partial charge in [0.25, 0.3) is 5.91 Å². The number of hydrogen-bond donors (Lipinski definition) is 0. The summed E-state index contributed by atoms with van der Waals surface area (Å²) in [6.07, 6.45) is 0. The fourth-order valence-corrected chi connectivity index (χ4v) is 3.40. The predicted octanol–water partition coefficient (Wildman–Crippen LogP) is 4.73. The fraction of sp³-hybridized carbons (Fsp3) is 0.190. The molecule has 3 aromatic rings. The van der Waals surface area contributed by atoms with Crippen molar-refractivity contribution in [2.24, 2.45) is 0 Å². The van der Waals surface area contributed by atoms with Gasteiger partial charge in [0, 0.05) is 23.5 Å². The lowest BCUT2D eigenvalue weighted by Gasteiger charge is -2.26. The van der Waals surface area contributed by atoms with Crippen LogP contribution in [0, 0.1) is 11.3 Å². The van der Waals surface area contributed by atoms with E-state index < -0.39 is 0 Å². The molecule has 0 aliphatic carbocycles. The zero-order chi connectivity index (χ0) is 18.5. The Morgan fingerprint density at radius 2 is 1.85 bits per heavy atom. The Bertz CT molecular complexity index is 924. The van der Waals surface area contributed by atoms with Gasteiger partial charge >= 0.3 is 0 Å². The van der Waals surface area contributed by atoms with E-state index in [1.165, 1.54) is 11.3 Å². The van der Waals surface area contributed by atoms with Crippen molar-refractivity contribution in [1.82, 2.24) is 9.88 Å². The lowest BCUT2D eigenvalue weighted by Crippen LogP contribution is -2.36. The highest BCUT2D eigenvalue weighted by atomic mass is 32.1. The Morgan fingerprint density at radius 3 is 2.46 bits per heavy atom. The third-order valence-electron chi connectivity index (χ3n) is 4.06. The van der Waals surface area contributed by atoms with Crippen LogP contribution in [-0.2, 0) is 6.54 Å². The molecule has 4 nitrogen and oxygen atoms in total. The number of aromatic nitrogens is 1. The number of benzene rings is 2. The van der Waals surface area contributed by atoms with E-state index in [1.807, 2.05) is 61.7 Å². The molecule has 1 aromatic heterocycles. The Morgan fingerprint density at radius 1 is 1.15 bits per heavy atom. The normalized spacial score (nSPS) is 10.5. The predicted molar refractivity (Wildman–Crippen MR) is 104 cm³/mol. The third-order valence-corrected chi connectivity index (χ3v) is 4.96. The highest BCUT2D eigenvalue weighted by Gasteiger charge is 2.22. The van der Waals surface area contributed by atoms with Crippen LogP contribution >= 0.6 is 11.3 Å². The van der Waals surface area contributed by atoms with Crippen molar-refractivity contribution < 1.29 is 4.79 Å². The van der Waals surface area contributed by atoms with Crippen molar-refractivity contribution in [3.8, 4) is 16.6 Å². The summed E-state index contributed by atoms with van der Waals surface area (Å²) in [6, 6.07) is 19.3. The molecule has 1 amide bonds. The molecule has 2 aromatic carbocycles. The van der Waals surface area contributed by atoms with E-state index in [4.69, 9.17) is 5.26 Å². The van der Waals surface area contributed by atoms with Gasteiger partial charge in [0.1, 0.15) is 10.7 Å². The number of nitrogens with zero attached hydrogens (tertiary/aromatic N) is 3. The lowest BCUT2D eigenvalue weighted by atomic mass is 10.1. The number of carbonyl (C=O) groups excluding carboxylic acids is 1. The number of hydrogen-bond acceptors (Lipinski definition) is 4. The molecule has 1 heterocycles. The van der Waals surface area contributed by atoms with Crippen LogP contribution in [0.25, 0.3) is 10.6 Å². The zero-order valence-corrected chi connectivity index (χ0v) is 15.5. The van der Waals surface area contributed by atoms with E-state index in [2.05, 4.69) is 11.1 Å². The molecule has 130 valence electrons. The molecule has 0 atom stereocenters. The molecule has 0 unspecified atom stereocenters. The average Bonchev–Trinajstić information content (AvgIpc) is 3.17. The van der Waals surface area contributed by atoms with Crippen molar-refractivity contribution in [2.75, 3.05) is 0 Å². The van der Waals surface area contributed by atoms with Crippen molar-refractivity contribution >= 4 is 17.2 Å². The van der Waals surface area contributed by atoms with Crippen LogP contribution in [0.4, 0.5) is 0 Å². The Balaban J connectivity index is 1.81. The molecule has 0 aliphatic heterocycles. The fourth-order valence-electron chi connectivity index (χ4n) is 2.60. The summed E-state index contributed by atoms with van der Waals surface area (Å²) in [5.74, 6) is -0.0807. The van der Waals surface area contributed by atoms with Crippen molar-refractivity contribution in [3.05, 3.63) is 76.8 Å². The number of amides is 1. The van der Waals surface area contributed by atoms with Crippen molar-refractivity contribution in [1.29, 1.82) is 5.26 Å². The van der Waals surface area contributed by atoms with Crippen LogP contribution in [0.3, 0.4) is 0 Å². The molecular formula is C21H19N3OS. The van der Waals surface area contributed by atoms with E-state index in [-0.39, 0.29) is 11.9 Å². The molecule has 5 heteroatoms. The minimum atomic E-state index is -0.0807. The molecule has 0 aliphatic rings. The van der Waals surface area contributed by atoms with Crippen LogP contribution in [0.15, 0.2) is 60.0 Å². The first-order valence-corrected chi connectivity index (χ1v) is 9.27. The molecule has 0 bridgehead atoms. The van der Waals surface area contributed by atoms with Gasteiger partial charge in [-0.2, -0.15) is 5.26 Å². The second-order valence-corrected chi connectivity index (χ2v) is 7.10. The third kappa shape index (κ3) is 3.98. The van der Waals surface area contributed by atoms with Gasteiger partial charge in [0.05, 0.1) is 11.6 Å². The molecule has 26 heavy (non-hydrogen) atoms. The second-order valence-electron chi connectivity index (χ2n) is 6.24. The molecule has 0 fully saturated rings. The van der Waals surface area contributed by atoms with E-state index in [0.29, 0.717) is 17.8 Å². The molecule has 0 radical (unpaired) electrons. The topological polar surface area (TPSA) is 57.0 Å². The Hall–Kier alpha value is -2.97. The van der Waals surface area contributed by atoms with Gasteiger partial charge in [0.2, 0.25) is 0 Å². The smallest absolute Gasteiger partial charge is 0.273 e. The van der Waals surface area contributed by atoms with Crippen LogP contribution in [-0.4, -0.2) is 21.8 Å². The number of carbonyl (C=O) groups is 1. The van der Waals surface area contributed by atoms with Crippen LogP contribution < -0.4 is 0 Å². The molecule has 0 spiro atoms. The number of thiazole rings is 1. The summed E-state index contributed by atoms with van der Waals surface area (Å²) in [6.45, 7) is 4.47. The highest BCUT2D eigenvalue weighted by molar-refractivity contribution is 7.13. The largest absolute Gasteiger partial charge is 0.331 e. The van der Waals surface area contributed by atoms with Crippen LogP contribution in [0.2, 0.25) is 0 Å². The van der Waals surface area contributed by atoms with E-state index >= 15 is 0 Å². The molecule has 0 saturated carbocycles. The minimum absolute atomic E-state index is 0.0417. The number of rotatable bonds is 5. The van der Waals surface area contributed by atoms with Gasteiger partial charge < -0.3 is 4.90 Å². The maximum Gasteiger partial charge on any atom is 0.273 e. The molecular weight excluding hydrogens is 342 g/mol. The monoisotopic (exact) mass is 361 g/mol.